The van der Waals surface area contributed by atoms with E-state index in [0.717, 1.165) is 6.07 Å². The summed E-state index contributed by atoms with van der Waals surface area (Å²) in [6.07, 6.45) is 0. The van der Waals surface area contributed by atoms with Gasteiger partial charge in [0.1, 0.15) is 5.69 Å². The molecule has 0 radical (unpaired) electrons. The largest absolute Gasteiger partial charge is 0.516 e. The van der Waals surface area contributed by atoms with Gasteiger partial charge < -0.3 is 0 Å². The predicted octanol–water partition coefficient (Wildman–Crippen LogP) is 2.47. The molecule has 10 heteroatoms. The molecule has 0 aromatic heterocycles. The van der Waals surface area contributed by atoms with Crippen molar-refractivity contribution >= 4 is 21.4 Å². The minimum atomic E-state index is -5.70. The molecule has 0 aliphatic rings. The topological polar surface area (TPSA) is 89.3 Å². The van der Waals surface area contributed by atoms with Crippen LogP contribution in [0, 0.1) is 24.0 Å². The molecule has 0 aliphatic carbocycles. The molecule has 0 atom stereocenters. The van der Waals surface area contributed by atoms with Gasteiger partial charge in [-0.1, -0.05) is 6.07 Å². The van der Waals surface area contributed by atoms with Gasteiger partial charge in [-0.3, -0.25) is 14.8 Å². The first-order chi connectivity index (χ1) is 8.45. The molecule has 0 saturated heterocycles. The number of nitrogens with zero attached hydrogens (tertiary/aromatic N) is 1. The summed E-state index contributed by atoms with van der Waals surface area (Å²) in [6, 6.07) is 2.32. The Labute approximate surface area is 106 Å². The Hall–Kier alpha value is -1.84. The minimum Gasteiger partial charge on any atom is -0.269 e. The zero-order chi connectivity index (χ0) is 15.0. The Morgan fingerprint density at radius 3 is 2.21 bits per heavy atom. The lowest BCUT2D eigenvalue weighted by Gasteiger charge is -2.13. The van der Waals surface area contributed by atoms with E-state index in [1.54, 1.807) is 0 Å². The van der Waals surface area contributed by atoms with Gasteiger partial charge in [-0.15, -0.1) is 0 Å². The predicted molar refractivity (Wildman–Crippen MR) is 61.2 cm³/mol. The summed E-state index contributed by atoms with van der Waals surface area (Å²) in [5.41, 5.74) is -6.50. The summed E-state index contributed by atoms with van der Waals surface area (Å²) in [4.78, 5) is 9.80. The van der Waals surface area contributed by atoms with Gasteiger partial charge in [0.05, 0.1) is 4.92 Å². The molecule has 0 spiro atoms. The zero-order valence-electron chi connectivity index (χ0n) is 9.78. The fourth-order valence-electron chi connectivity index (χ4n) is 1.41. The first-order valence-electron chi connectivity index (χ1n) is 4.80. The standard InChI is InChI=1S/C9H9F3N2O4S/c1-5-3-6(2)8(7(4-5)14(15)16)13-19(17,18)9(10,11)12/h3-4,13H,1-2H3. The second-order valence-electron chi connectivity index (χ2n) is 3.78. The first-order valence-corrected chi connectivity index (χ1v) is 6.29. The van der Waals surface area contributed by atoms with Crippen molar-refractivity contribution in [2.45, 2.75) is 19.4 Å². The Bertz CT molecular complexity index is 625. The smallest absolute Gasteiger partial charge is 0.269 e. The molecule has 0 fully saturated rings. The van der Waals surface area contributed by atoms with Crippen LogP contribution in [0.25, 0.3) is 0 Å². The number of rotatable bonds is 3. The van der Waals surface area contributed by atoms with Crippen LogP contribution < -0.4 is 4.72 Å². The molecule has 0 heterocycles. The van der Waals surface area contributed by atoms with E-state index in [4.69, 9.17) is 0 Å². The van der Waals surface area contributed by atoms with Crippen LogP contribution in [0.1, 0.15) is 11.1 Å². The van der Waals surface area contributed by atoms with Crippen LogP contribution in [0.4, 0.5) is 24.5 Å². The summed E-state index contributed by atoms with van der Waals surface area (Å²) in [6.45, 7) is 2.77. The van der Waals surface area contributed by atoms with Gasteiger partial charge in [0.15, 0.2) is 0 Å². The Morgan fingerprint density at radius 2 is 1.79 bits per heavy atom. The summed E-state index contributed by atoms with van der Waals surface area (Å²) in [7, 11) is -5.70. The summed E-state index contributed by atoms with van der Waals surface area (Å²) >= 11 is 0. The molecule has 106 valence electrons. The molecule has 19 heavy (non-hydrogen) atoms. The first kappa shape index (κ1) is 15.2. The van der Waals surface area contributed by atoms with Crippen molar-refractivity contribution in [3.8, 4) is 0 Å². The lowest BCUT2D eigenvalue weighted by Crippen LogP contribution is -2.30. The van der Waals surface area contributed by atoms with Gasteiger partial charge in [-0.05, 0) is 25.0 Å². The van der Waals surface area contributed by atoms with Gasteiger partial charge in [-0.25, -0.2) is 0 Å². The van der Waals surface area contributed by atoms with E-state index in [1.807, 2.05) is 0 Å². The van der Waals surface area contributed by atoms with Crippen LogP contribution in [0.15, 0.2) is 12.1 Å². The number of hydrogen-bond donors (Lipinski definition) is 1. The van der Waals surface area contributed by atoms with E-state index >= 15 is 0 Å². The van der Waals surface area contributed by atoms with Crippen molar-refractivity contribution in [1.82, 2.24) is 0 Å². The average molecular weight is 298 g/mol. The van der Waals surface area contributed by atoms with E-state index in [9.17, 15) is 31.7 Å². The van der Waals surface area contributed by atoms with Gasteiger partial charge in [-0.2, -0.15) is 21.6 Å². The highest BCUT2D eigenvalue weighted by Crippen LogP contribution is 2.33. The highest BCUT2D eigenvalue weighted by molar-refractivity contribution is 7.93. The Kier molecular flexibility index (Phi) is 3.75. The molecule has 6 nitrogen and oxygen atoms in total. The van der Waals surface area contributed by atoms with Crippen LogP contribution in [0.2, 0.25) is 0 Å². The summed E-state index contributed by atoms with van der Waals surface area (Å²) in [5, 5.41) is 10.8. The van der Waals surface area contributed by atoms with E-state index in [-0.39, 0.29) is 5.56 Å². The van der Waals surface area contributed by atoms with Gasteiger partial charge in [0.2, 0.25) is 0 Å². The zero-order valence-corrected chi connectivity index (χ0v) is 10.6. The number of nitrogens with one attached hydrogen (secondary N) is 1. The summed E-state index contributed by atoms with van der Waals surface area (Å²) < 4.78 is 59.9. The molecular weight excluding hydrogens is 289 g/mol. The fourth-order valence-corrected chi connectivity index (χ4v) is 2.06. The van der Waals surface area contributed by atoms with Gasteiger partial charge >= 0.3 is 15.5 Å². The van der Waals surface area contributed by atoms with Crippen LogP contribution >= 0.6 is 0 Å². The van der Waals surface area contributed by atoms with Crippen LogP contribution in [0.5, 0.6) is 0 Å². The molecule has 0 bridgehead atoms. The van der Waals surface area contributed by atoms with Crippen molar-refractivity contribution in [2.24, 2.45) is 0 Å². The van der Waals surface area contributed by atoms with Crippen molar-refractivity contribution < 1.29 is 26.5 Å². The van der Waals surface area contributed by atoms with Crippen molar-refractivity contribution in [1.29, 1.82) is 0 Å². The minimum absolute atomic E-state index is 0.0273. The third-order valence-corrected chi connectivity index (χ3v) is 3.28. The quantitative estimate of drug-likeness (QED) is 0.685. The maximum Gasteiger partial charge on any atom is 0.516 e. The highest BCUT2D eigenvalue weighted by atomic mass is 32.2. The monoisotopic (exact) mass is 298 g/mol. The lowest BCUT2D eigenvalue weighted by atomic mass is 10.1. The molecule has 0 amide bonds. The molecule has 1 rings (SSSR count). The SMILES string of the molecule is Cc1cc(C)c(NS(=O)(=O)C(F)(F)F)c([N+](=O)[O-])c1. The number of sulfonamides is 1. The van der Waals surface area contributed by atoms with Crippen molar-refractivity contribution in [2.75, 3.05) is 4.72 Å². The van der Waals surface area contributed by atoms with E-state index in [0.29, 0.717) is 5.56 Å². The number of nitro benzene ring substituents is 1. The maximum atomic E-state index is 12.2. The number of nitro groups is 1. The number of aryl methyl sites for hydroxylation is 2. The Morgan fingerprint density at radius 1 is 1.26 bits per heavy atom. The van der Waals surface area contributed by atoms with Gasteiger partial charge in [0.25, 0.3) is 5.69 Å². The van der Waals surface area contributed by atoms with Crippen molar-refractivity contribution in [3.63, 3.8) is 0 Å². The average Bonchev–Trinajstić information content (AvgIpc) is 2.19. The summed E-state index contributed by atoms with van der Waals surface area (Å²) in [5.74, 6) is 0. The Balaban J connectivity index is 3.41. The maximum absolute atomic E-state index is 12.2. The fraction of sp³-hybridized carbons (Fsp3) is 0.333. The second kappa shape index (κ2) is 4.68. The lowest BCUT2D eigenvalue weighted by molar-refractivity contribution is -0.384. The van der Waals surface area contributed by atoms with Crippen LogP contribution in [0.3, 0.4) is 0 Å². The number of hydrogen-bond acceptors (Lipinski definition) is 4. The number of anilines is 1. The number of benzene rings is 1. The molecule has 1 aromatic carbocycles. The number of alkyl halides is 3. The van der Waals surface area contributed by atoms with E-state index in [2.05, 4.69) is 0 Å². The number of halogens is 3. The molecule has 1 aromatic rings. The second-order valence-corrected chi connectivity index (χ2v) is 5.46. The third kappa shape index (κ3) is 3.13. The molecule has 0 unspecified atom stereocenters. The van der Waals surface area contributed by atoms with E-state index < -0.39 is 31.8 Å². The normalized spacial score (nSPS) is 12.3. The molecule has 0 saturated carbocycles. The van der Waals surface area contributed by atoms with Crippen LogP contribution in [-0.4, -0.2) is 18.8 Å². The van der Waals surface area contributed by atoms with Crippen molar-refractivity contribution in [3.05, 3.63) is 33.4 Å². The van der Waals surface area contributed by atoms with E-state index in [1.165, 1.54) is 24.6 Å². The molecule has 0 aliphatic heterocycles. The molecular formula is C9H9F3N2O4S. The van der Waals surface area contributed by atoms with Gasteiger partial charge in [0, 0.05) is 6.07 Å². The highest BCUT2D eigenvalue weighted by Gasteiger charge is 2.47. The molecule has 1 N–H and O–H groups in total. The third-order valence-electron chi connectivity index (χ3n) is 2.20. The van der Waals surface area contributed by atoms with Crippen LogP contribution in [-0.2, 0) is 10.0 Å².